The summed E-state index contributed by atoms with van der Waals surface area (Å²) in [5.74, 6) is -1.30. The lowest BCUT2D eigenvalue weighted by molar-refractivity contribution is -0.136. The quantitative estimate of drug-likeness (QED) is 0.105. The topological polar surface area (TPSA) is 155 Å². The van der Waals surface area contributed by atoms with Gasteiger partial charge in [0, 0.05) is 56.6 Å². The average molecular weight is 771 g/mol. The summed E-state index contributed by atoms with van der Waals surface area (Å²) >= 11 is 2.62. The minimum atomic E-state index is -4.66. The number of amides is 2. The molecular formula is C39H33F3N6O4S2. The first-order valence-corrected chi connectivity index (χ1v) is 18.3. The van der Waals surface area contributed by atoms with E-state index in [1.165, 1.54) is 53.4 Å². The number of benzene rings is 2. The Labute approximate surface area is 312 Å². The van der Waals surface area contributed by atoms with E-state index in [1.807, 2.05) is 38.2 Å². The summed E-state index contributed by atoms with van der Waals surface area (Å²) < 4.78 is 41.1. The highest BCUT2D eigenvalue weighted by molar-refractivity contribution is 7.19. The van der Waals surface area contributed by atoms with Crippen LogP contribution in [0.5, 0.6) is 0 Å². The molecule has 8 rings (SSSR count). The molecule has 6 aromatic heterocycles. The number of rotatable bonds is 4. The van der Waals surface area contributed by atoms with Gasteiger partial charge in [-0.15, -0.1) is 22.7 Å². The lowest BCUT2D eigenvalue weighted by Crippen LogP contribution is -2.23. The predicted molar refractivity (Wildman–Crippen MR) is 211 cm³/mol. The van der Waals surface area contributed by atoms with E-state index in [0.29, 0.717) is 31.5 Å². The number of anilines is 2. The van der Waals surface area contributed by atoms with E-state index < -0.39 is 34.7 Å². The zero-order valence-electron chi connectivity index (χ0n) is 29.5. The molecule has 54 heavy (non-hydrogen) atoms. The molecule has 0 radical (unpaired) electrons. The molecule has 0 aliphatic heterocycles. The van der Waals surface area contributed by atoms with Crippen molar-refractivity contribution in [1.29, 1.82) is 0 Å². The van der Waals surface area contributed by atoms with Gasteiger partial charge in [-0.25, -0.2) is 0 Å². The van der Waals surface area contributed by atoms with Crippen LogP contribution in [0.2, 0.25) is 0 Å². The maximum atomic E-state index is 13.4. The number of hydrogen-bond acceptors (Lipinski definition) is 6. The first-order valence-electron chi connectivity index (χ1n) is 16.6. The van der Waals surface area contributed by atoms with Crippen molar-refractivity contribution in [3.63, 3.8) is 0 Å². The number of H-pyrrole nitrogens is 4. The van der Waals surface area contributed by atoms with Crippen LogP contribution in [0.15, 0.2) is 82.9 Å². The second-order valence-electron chi connectivity index (χ2n) is 13.8. The lowest BCUT2D eigenvalue weighted by atomic mass is 9.85. The number of alkyl halides is 3. The van der Waals surface area contributed by atoms with Crippen molar-refractivity contribution < 1.29 is 22.8 Å². The van der Waals surface area contributed by atoms with Crippen LogP contribution in [0.1, 0.15) is 62.4 Å². The lowest BCUT2D eigenvalue weighted by Gasteiger charge is -2.23. The van der Waals surface area contributed by atoms with Gasteiger partial charge in [-0.05, 0) is 78.7 Å². The van der Waals surface area contributed by atoms with Crippen molar-refractivity contribution in [1.82, 2.24) is 19.9 Å². The number of carbonyl (C=O) groups excluding carboxylic acids is 2. The molecule has 0 bridgehead atoms. The number of carbonyl (C=O) groups is 2. The second-order valence-corrected chi connectivity index (χ2v) is 16.4. The Kier molecular flexibility index (Phi) is 9.10. The fraction of sp³-hybridized carbons (Fsp3) is 0.179. The molecule has 0 aliphatic carbocycles. The number of pyridine rings is 2. The maximum Gasteiger partial charge on any atom is 0.418 e. The summed E-state index contributed by atoms with van der Waals surface area (Å²) in [7, 11) is 0. The second kappa shape index (κ2) is 13.5. The third-order valence-corrected chi connectivity index (χ3v) is 10.9. The molecular weight excluding hydrogens is 738 g/mol. The van der Waals surface area contributed by atoms with Crippen LogP contribution >= 0.6 is 22.7 Å². The van der Waals surface area contributed by atoms with Crippen molar-refractivity contribution in [3.8, 4) is 0 Å². The highest BCUT2D eigenvalue weighted by Gasteiger charge is 2.35. The Bertz CT molecular complexity index is 2690. The van der Waals surface area contributed by atoms with Crippen molar-refractivity contribution in [3.05, 3.63) is 126 Å². The molecule has 0 spiro atoms. The van der Waals surface area contributed by atoms with Gasteiger partial charge in [-0.1, -0.05) is 20.8 Å². The van der Waals surface area contributed by atoms with Crippen LogP contribution in [0.3, 0.4) is 0 Å². The summed E-state index contributed by atoms with van der Waals surface area (Å²) in [6.07, 6.45) is 1.44. The van der Waals surface area contributed by atoms with E-state index in [-0.39, 0.29) is 22.0 Å². The monoisotopic (exact) mass is 770 g/mol. The maximum absolute atomic E-state index is 13.4. The number of aromatic amines is 4. The Morgan fingerprint density at radius 1 is 0.611 bits per heavy atom. The molecule has 0 atom stereocenters. The SMILES string of the molecule is Cc1cc2[nH]cc(C(=O)Nc3cc4[nH]ccc4cc3C(C)(C)C)c(=O)c2s1.Cc1cc2[nH]cc(C(=O)Nc3cc4[nH]ccc4cc3C(F)(F)F)c(=O)c2s1. The van der Waals surface area contributed by atoms with Crippen molar-refractivity contribution in [2.45, 2.75) is 46.2 Å². The van der Waals surface area contributed by atoms with E-state index in [1.54, 1.807) is 6.07 Å². The molecule has 0 saturated heterocycles. The predicted octanol–water partition coefficient (Wildman–Crippen LogP) is 9.58. The Hall–Kier alpha value is -5.93. The van der Waals surface area contributed by atoms with Gasteiger partial charge in [0.25, 0.3) is 11.8 Å². The normalized spacial score (nSPS) is 12.0. The summed E-state index contributed by atoms with van der Waals surface area (Å²) in [6, 6.07) is 13.4. The number of thiophene rings is 2. The van der Waals surface area contributed by atoms with Crippen molar-refractivity contribution >= 4 is 88.1 Å². The van der Waals surface area contributed by atoms with Crippen LogP contribution in [0.4, 0.5) is 24.5 Å². The van der Waals surface area contributed by atoms with Crippen LogP contribution in [-0.2, 0) is 11.6 Å². The van der Waals surface area contributed by atoms with Crippen LogP contribution in [0, 0.1) is 13.8 Å². The number of aryl methyl sites for hydroxylation is 2. The fourth-order valence-corrected chi connectivity index (χ4v) is 8.09. The van der Waals surface area contributed by atoms with Crippen LogP contribution in [-0.4, -0.2) is 31.8 Å². The third-order valence-electron chi connectivity index (χ3n) is 8.84. The van der Waals surface area contributed by atoms with E-state index in [0.717, 1.165) is 37.8 Å². The van der Waals surface area contributed by atoms with Gasteiger partial charge in [0.05, 0.1) is 31.7 Å². The fourth-order valence-electron chi connectivity index (χ4n) is 6.24. The third kappa shape index (κ3) is 6.95. The Balaban J connectivity index is 0.000000167. The van der Waals surface area contributed by atoms with Gasteiger partial charge in [0.1, 0.15) is 11.1 Å². The number of fused-ring (bicyclic) bond motifs is 4. The van der Waals surface area contributed by atoms with E-state index >= 15 is 0 Å². The zero-order valence-corrected chi connectivity index (χ0v) is 31.1. The first-order chi connectivity index (χ1) is 25.5. The number of nitrogens with one attached hydrogen (secondary N) is 6. The molecule has 0 aliphatic rings. The number of hydrogen-bond donors (Lipinski definition) is 6. The average Bonchev–Trinajstić information content (AvgIpc) is 3.89. The van der Waals surface area contributed by atoms with E-state index in [4.69, 9.17) is 0 Å². The highest BCUT2D eigenvalue weighted by Crippen LogP contribution is 2.38. The van der Waals surface area contributed by atoms with E-state index in [9.17, 15) is 32.3 Å². The minimum Gasteiger partial charge on any atom is -0.361 e. The molecule has 6 heterocycles. The van der Waals surface area contributed by atoms with Gasteiger partial charge < -0.3 is 30.6 Å². The van der Waals surface area contributed by atoms with Crippen LogP contribution < -0.4 is 21.5 Å². The molecule has 2 aromatic carbocycles. The minimum absolute atomic E-state index is 0.121. The Morgan fingerprint density at radius 2 is 1.04 bits per heavy atom. The summed E-state index contributed by atoms with van der Waals surface area (Å²) in [5.41, 5.74) is 2.04. The number of halogens is 3. The van der Waals surface area contributed by atoms with Crippen molar-refractivity contribution in [2.75, 3.05) is 10.6 Å². The molecule has 276 valence electrons. The molecule has 8 aromatic rings. The van der Waals surface area contributed by atoms with Crippen molar-refractivity contribution in [2.24, 2.45) is 0 Å². The molecule has 10 nitrogen and oxygen atoms in total. The molecule has 2 amide bonds. The number of aromatic nitrogens is 4. The van der Waals surface area contributed by atoms with Crippen LogP contribution in [0.25, 0.3) is 42.2 Å². The molecule has 0 fully saturated rings. The van der Waals surface area contributed by atoms with Gasteiger partial charge in [-0.2, -0.15) is 13.2 Å². The Morgan fingerprint density at radius 3 is 1.46 bits per heavy atom. The summed E-state index contributed by atoms with van der Waals surface area (Å²) in [4.78, 5) is 64.5. The summed E-state index contributed by atoms with van der Waals surface area (Å²) in [5, 5.41) is 6.64. The van der Waals surface area contributed by atoms with Gasteiger partial charge in [0.2, 0.25) is 10.9 Å². The summed E-state index contributed by atoms with van der Waals surface area (Å²) in [6.45, 7) is 10.1. The van der Waals surface area contributed by atoms with Gasteiger partial charge >= 0.3 is 6.18 Å². The standard InChI is InChI=1S/C21H21N3O2S.C18H12F3N3O2S/c1-11-7-17-19(27-11)18(25)13(10-23-17)20(26)24-16-9-15-12(5-6-22-15)8-14(16)21(2,3)4;1-8-4-14-16(27-8)15(25)10(7-23-14)17(26)24-13-6-12-9(2-3-22-12)5-11(13)18(19,20)21/h5-10,22H,1-4H3,(H,23,25)(H,24,26);2-7,22H,1H3,(H,23,25)(H,24,26). The molecule has 15 heteroatoms. The smallest absolute Gasteiger partial charge is 0.361 e. The molecule has 0 saturated carbocycles. The molecule has 6 N–H and O–H groups in total. The highest BCUT2D eigenvalue weighted by atomic mass is 32.1. The largest absolute Gasteiger partial charge is 0.418 e. The molecule has 0 unspecified atom stereocenters. The van der Waals surface area contributed by atoms with Gasteiger partial charge in [0.15, 0.2) is 0 Å². The van der Waals surface area contributed by atoms with E-state index in [2.05, 4.69) is 57.4 Å². The first kappa shape index (κ1) is 36.4. The van der Waals surface area contributed by atoms with Gasteiger partial charge in [-0.3, -0.25) is 19.2 Å². The zero-order chi connectivity index (χ0) is 38.7.